The van der Waals surface area contributed by atoms with Gasteiger partial charge in [0.2, 0.25) is 0 Å². The Balaban J connectivity index is 2.59. The summed E-state index contributed by atoms with van der Waals surface area (Å²) in [5.41, 5.74) is 0. The monoisotopic (exact) mass is 172 g/mol. The Morgan fingerprint density at radius 1 is 1.42 bits per heavy atom. The highest BCUT2D eigenvalue weighted by Gasteiger charge is 2.33. The van der Waals surface area contributed by atoms with Crippen LogP contribution < -0.4 is 0 Å². The fraction of sp³-hybridized carbons (Fsp3) is 1.00. The molecule has 3 unspecified atom stereocenters. The normalized spacial score (nSPS) is 37.2. The Labute approximate surface area is 75.2 Å². The molecule has 0 aromatic heterocycles. The highest BCUT2D eigenvalue weighted by atomic mass is 16.5. The van der Waals surface area contributed by atoms with E-state index in [1.165, 1.54) is 0 Å². The Bertz CT molecular complexity index is 134. The van der Waals surface area contributed by atoms with Crippen LogP contribution in [-0.2, 0) is 9.47 Å². The second-order valence-corrected chi connectivity index (χ2v) is 3.96. The molecule has 1 saturated heterocycles. The van der Waals surface area contributed by atoms with Crippen LogP contribution >= 0.6 is 0 Å². The summed E-state index contributed by atoms with van der Waals surface area (Å²) in [7, 11) is 1.80. The van der Waals surface area contributed by atoms with Crippen LogP contribution in [0, 0.1) is 11.8 Å². The Morgan fingerprint density at radius 3 is 2.50 bits per heavy atom. The minimum atomic E-state index is 0.351. The van der Waals surface area contributed by atoms with Crippen LogP contribution in [0.25, 0.3) is 0 Å². The van der Waals surface area contributed by atoms with E-state index in [4.69, 9.17) is 9.47 Å². The van der Waals surface area contributed by atoms with E-state index in [9.17, 15) is 0 Å². The standard InChI is InChI=1S/C10H20O2/c1-7(2)10-8(3)12-6-5-9(10)11-4/h7-10H,5-6H2,1-4H3. The predicted molar refractivity (Wildman–Crippen MR) is 49.2 cm³/mol. The lowest BCUT2D eigenvalue weighted by Gasteiger charge is -2.38. The van der Waals surface area contributed by atoms with Crippen molar-refractivity contribution < 1.29 is 9.47 Å². The van der Waals surface area contributed by atoms with Crippen LogP contribution in [-0.4, -0.2) is 25.9 Å². The topological polar surface area (TPSA) is 18.5 Å². The smallest absolute Gasteiger partial charge is 0.0648 e. The van der Waals surface area contributed by atoms with Gasteiger partial charge in [0.1, 0.15) is 0 Å². The summed E-state index contributed by atoms with van der Waals surface area (Å²) in [4.78, 5) is 0. The first-order valence-corrected chi connectivity index (χ1v) is 4.81. The molecule has 3 atom stereocenters. The van der Waals surface area contributed by atoms with Gasteiger partial charge < -0.3 is 9.47 Å². The van der Waals surface area contributed by atoms with Gasteiger partial charge in [-0.2, -0.15) is 0 Å². The van der Waals surface area contributed by atoms with Gasteiger partial charge in [0, 0.05) is 19.6 Å². The first-order chi connectivity index (χ1) is 5.66. The molecule has 0 aromatic rings. The maximum Gasteiger partial charge on any atom is 0.0648 e. The van der Waals surface area contributed by atoms with Crippen molar-refractivity contribution in [1.29, 1.82) is 0 Å². The number of rotatable bonds is 2. The van der Waals surface area contributed by atoms with Gasteiger partial charge in [-0.15, -0.1) is 0 Å². The zero-order valence-corrected chi connectivity index (χ0v) is 8.54. The molecule has 2 heteroatoms. The Hall–Kier alpha value is -0.0800. The number of methoxy groups -OCH3 is 1. The Morgan fingerprint density at radius 2 is 2.08 bits per heavy atom. The number of hydrogen-bond donors (Lipinski definition) is 0. The van der Waals surface area contributed by atoms with Gasteiger partial charge in [-0.25, -0.2) is 0 Å². The average Bonchev–Trinajstić information content (AvgIpc) is 2.03. The van der Waals surface area contributed by atoms with Crippen molar-refractivity contribution >= 4 is 0 Å². The van der Waals surface area contributed by atoms with Crippen molar-refractivity contribution in [3.05, 3.63) is 0 Å². The molecule has 1 heterocycles. The second kappa shape index (κ2) is 4.24. The van der Waals surface area contributed by atoms with Crippen molar-refractivity contribution in [2.24, 2.45) is 11.8 Å². The van der Waals surface area contributed by atoms with E-state index < -0.39 is 0 Å². The summed E-state index contributed by atoms with van der Waals surface area (Å²) in [6.07, 6.45) is 1.79. The van der Waals surface area contributed by atoms with Crippen LogP contribution in [0.4, 0.5) is 0 Å². The van der Waals surface area contributed by atoms with Gasteiger partial charge in [-0.05, 0) is 19.3 Å². The molecule has 0 amide bonds. The molecule has 12 heavy (non-hydrogen) atoms. The predicted octanol–water partition coefficient (Wildman–Crippen LogP) is 2.08. The van der Waals surface area contributed by atoms with E-state index in [0.717, 1.165) is 13.0 Å². The number of hydrogen-bond acceptors (Lipinski definition) is 2. The molecule has 1 aliphatic heterocycles. The second-order valence-electron chi connectivity index (χ2n) is 3.96. The summed E-state index contributed by atoms with van der Waals surface area (Å²) in [6.45, 7) is 7.47. The minimum Gasteiger partial charge on any atom is -0.381 e. The zero-order chi connectivity index (χ0) is 9.14. The molecule has 0 aliphatic carbocycles. The molecule has 0 saturated carbocycles. The highest BCUT2D eigenvalue weighted by Crippen LogP contribution is 2.29. The largest absolute Gasteiger partial charge is 0.381 e. The summed E-state index contributed by atoms with van der Waals surface area (Å²) >= 11 is 0. The Kier molecular flexibility index (Phi) is 3.53. The average molecular weight is 172 g/mol. The van der Waals surface area contributed by atoms with Crippen molar-refractivity contribution in [2.75, 3.05) is 13.7 Å². The quantitative estimate of drug-likeness (QED) is 0.635. The lowest BCUT2D eigenvalue weighted by Crippen LogP contribution is -2.42. The van der Waals surface area contributed by atoms with E-state index in [-0.39, 0.29) is 0 Å². The fourth-order valence-electron chi connectivity index (χ4n) is 2.22. The molecular weight excluding hydrogens is 152 g/mol. The molecule has 0 N–H and O–H groups in total. The molecular formula is C10H20O2. The van der Waals surface area contributed by atoms with Gasteiger partial charge in [-0.3, -0.25) is 0 Å². The van der Waals surface area contributed by atoms with Gasteiger partial charge in [0.15, 0.2) is 0 Å². The third-order valence-corrected chi connectivity index (χ3v) is 2.83. The summed E-state index contributed by atoms with van der Waals surface area (Å²) in [5, 5.41) is 0. The van der Waals surface area contributed by atoms with E-state index in [1.807, 2.05) is 0 Å². The van der Waals surface area contributed by atoms with Crippen LogP contribution in [0.5, 0.6) is 0 Å². The maximum atomic E-state index is 5.60. The van der Waals surface area contributed by atoms with Gasteiger partial charge in [0.05, 0.1) is 12.2 Å². The number of ether oxygens (including phenoxy) is 2. The first kappa shape index (κ1) is 10.0. The molecule has 2 nitrogen and oxygen atoms in total. The molecule has 0 bridgehead atoms. The highest BCUT2D eigenvalue weighted by molar-refractivity contribution is 4.81. The van der Waals surface area contributed by atoms with Crippen molar-refractivity contribution in [3.8, 4) is 0 Å². The lowest BCUT2D eigenvalue weighted by atomic mass is 9.83. The zero-order valence-electron chi connectivity index (χ0n) is 8.54. The molecule has 0 aromatic carbocycles. The van der Waals surface area contributed by atoms with Gasteiger partial charge >= 0.3 is 0 Å². The van der Waals surface area contributed by atoms with E-state index in [1.54, 1.807) is 7.11 Å². The third-order valence-electron chi connectivity index (χ3n) is 2.83. The first-order valence-electron chi connectivity index (χ1n) is 4.81. The van der Waals surface area contributed by atoms with Crippen LogP contribution in [0.1, 0.15) is 27.2 Å². The SMILES string of the molecule is COC1CCOC(C)C1C(C)C. The molecule has 1 fully saturated rings. The fourth-order valence-corrected chi connectivity index (χ4v) is 2.22. The van der Waals surface area contributed by atoms with Crippen LogP contribution in [0.3, 0.4) is 0 Å². The lowest BCUT2D eigenvalue weighted by molar-refractivity contribution is -0.112. The summed E-state index contributed by atoms with van der Waals surface area (Å²) in [6, 6.07) is 0. The molecule has 1 rings (SSSR count). The molecule has 72 valence electrons. The minimum absolute atomic E-state index is 0.351. The van der Waals surface area contributed by atoms with E-state index in [0.29, 0.717) is 24.0 Å². The van der Waals surface area contributed by atoms with Crippen molar-refractivity contribution in [2.45, 2.75) is 39.4 Å². The molecule has 0 radical (unpaired) electrons. The molecule has 0 spiro atoms. The summed E-state index contributed by atoms with van der Waals surface area (Å²) < 4.78 is 11.1. The van der Waals surface area contributed by atoms with Crippen molar-refractivity contribution in [3.63, 3.8) is 0 Å². The van der Waals surface area contributed by atoms with E-state index >= 15 is 0 Å². The summed E-state index contributed by atoms with van der Waals surface area (Å²) in [5.74, 6) is 1.20. The third kappa shape index (κ3) is 1.99. The molecule has 1 aliphatic rings. The van der Waals surface area contributed by atoms with Gasteiger partial charge in [0.25, 0.3) is 0 Å². The van der Waals surface area contributed by atoms with E-state index in [2.05, 4.69) is 20.8 Å². The maximum absolute atomic E-state index is 5.60. The van der Waals surface area contributed by atoms with Crippen LogP contribution in [0.15, 0.2) is 0 Å². The van der Waals surface area contributed by atoms with Crippen molar-refractivity contribution in [1.82, 2.24) is 0 Å². The van der Waals surface area contributed by atoms with Gasteiger partial charge in [-0.1, -0.05) is 13.8 Å². The van der Waals surface area contributed by atoms with Crippen LogP contribution in [0.2, 0.25) is 0 Å².